The first kappa shape index (κ1) is 22.0. The van der Waals surface area contributed by atoms with Crippen molar-refractivity contribution < 1.29 is 28.5 Å². The molecule has 0 spiro atoms. The number of rotatable bonds is 8. The number of nitrogens with zero attached hydrogens (tertiary/aromatic N) is 2. The Balaban J connectivity index is 1.62. The first-order valence-corrected chi connectivity index (χ1v) is 9.85. The monoisotopic (exact) mass is 436 g/mol. The zero-order chi connectivity index (χ0) is 21.5. The highest BCUT2D eigenvalue weighted by molar-refractivity contribution is 6.30. The number of aromatic nitrogens is 1. The van der Waals surface area contributed by atoms with E-state index in [1.54, 1.807) is 30.2 Å². The molecule has 1 aliphatic heterocycles. The van der Waals surface area contributed by atoms with Gasteiger partial charge in [-0.3, -0.25) is 4.79 Å². The van der Waals surface area contributed by atoms with Gasteiger partial charge in [0, 0.05) is 24.4 Å². The first-order chi connectivity index (χ1) is 14.5. The molecule has 0 saturated carbocycles. The molecule has 2 heterocycles. The van der Waals surface area contributed by atoms with Crippen molar-refractivity contribution in [3.05, 3.63) is 41.0 Å². The van der Waals surface area contributed by atoms with Crippen molar-refractivity contribution in [2.24, 2.45) is 0 Å². The summed E-state index contributed by atoms with van der Waals surface area (Å²) in [5.74, 6) is 1.94. The lowest BCUT2D eigenvalue weighted by Gasteiger charge is -2.33. The van der Waals surface area contributed by atoms with E-state index < -0.39 is 0 Å². The van der Waals surface area contributed by atoms with Crippen LogP contribution in [0.2, 0.25) is 5.02 Å². The number of hydrogen-bond donors (Lipinski definition) is 0. The van der Waals surface area contributed by atoms with Crippen LogP contribution in [0.3, 0.4) is 0 Å². The van der Waals surface area contributed by atoms with Crippen LogP contribution >= 0.6 is 11.6 Å². The Morgan fingerprint density at radius 1 is 1.17 bits per heavy atom. The Hall–Kier alpha value is -2.71. The van der Waals surface area contributed by atoms with Crippen LogP contribution < -0.4 is 18.9 Å². The summed E-state index contributed by atoms with van der Waals surface area (Å²) in [5, 5.41) is 0.540. The number of benzene rings is 1. The summed E-state index contributed by atoms with van der Waals surface area (Å²) >= 11 is 5.83. The molecular formula is C21H25ClN2O6. The smallest absolute Gasteiger partial charge is 0.227 e. The molecule has 1 unspecified atom stereocenters. The van der Waals surface area contributed by atoms with Gasteiger partial charge in [-0.2, -0.15) is 0 Å². The van der Waals surface area contributed by atoms with Crippen LogP contribution in [-0.4, -0.2) is 69.5 Å². The number of amides is 1. The van der Waals surface area contributed by atoms with Crippen molar-refractivity contribution in [1.29, 1.82) is 0 Å². The quantitative estimate of drug-likeness (QED) is 0.629. The average Bonchev–Trinajstić information content (AvgIpc) is 2.78. The summed E-state index contributed by atoms with van der Waals surface area (Å²) in [6.45, 7) is 1.68. The van der Waals surface area contributed by atoms with E-state index in [9.17, 15) is 4.79 Å². The predicted octanol–water partition coefficient (Wildman–Crippen LogP) is 2.61. The lowest BCUT2D eigenvalue weighted by atomic mass is 10.1. The summed E-state index contributed by atoms with van der Waals surface area (Å²) in [5.41, 5.74) is 0.727. The van der Waals surface area contributed by atoms with Gasteiger partial charge in [-0.1, -0.05) is 17.7 Å². The van der Waals surface area contributed by atoms with Gasteiger partial charge in [-0.15, -0.1) is 0 Å². The Morgan fingerprint density at radius 3 is 2.63 bits per heavy atom. The second kappa shape index (κ2) is 10.4. The molecule has 2 aromatic rings. The van der Waals surface area contributed by atoms with Gasteiger partial charge in [0.05, 0.1) is 45.9 Å². The molecule has 9 heteroatoms. The van der Waals surface area contributed by atoms with Crippen molar-refractivity contribution in [2.45, 2.75) is 12.5 Å². The minimum absolute atomic E-state index is 0.0292. The van der Waals surface area contributed by atoms with E-state index in [4.69, 9.17) is 35.3 Å². The van der Waals surface area contributed by atoms with Crippen LogP contribution in [0, 0.1) is 0 Å². The van der Waals surface area contributed by atoms with Gasteiger partial charge >= 0.3 is 0 Å². The molecule has 162 valence electrons. The molecule has 8 nitrogen and oxygen atoms in total. The predicted molar refractivity (Wildman–Crippen MR) is 111 cm³/mol. The van der Waals surface area contributed by atoms with E-state index >= 15 is 0 Å². The second-order valence-electron chi connectivity index (χ2n) is 6.63. The lowest BCUT2D eigenvalue weighted by Crippen LogP contribution is -2.48. The van der Waals surface area contributed by atoms with Crippen molar-refractivity contribution in [1.82, 2.24) is 9.88 Å². The number of carbonyl (C=O) groups is 1. The Morgan fingerprint density at radius 2 is 1.97 bits per heavy atom. The third-order valence-corrected chi connectivity index (χ3v) is 4.96. The topological polar surface area (TPSA) is 79.4 Å². The van der Waals surface area contributed by atoms with Crippen LogP contribution in [0.25, 0.3) is 0 Å². The van der Waals surface area contributed by atoms with Crippen LogP contribution in [0.5, 0.6) is 23.1 Å². The molecule has 1 atom stereocenters. The fourth-order valence-electron chi connectivity index (χ4n) is 3.25. The molecule has 0 N–H and O–H groups in total. The summed E-state index contributed by atoms with van der Waals surface area (Å²) < 4.78 is 27.6. The summed E-state index contributed by atoms with van der Waals surface area (Å²) in [4.78, 5) is 18.8. The third kappa shape index (κ3) is 5.25. The van der Waals surface area contributed by atoms with Gasteiger partial charge in [0.25, 0.3) is 0 Å². The normalized spacial score (nSPS) is 16.1. The van der Waals surface area contributed by atoms with E-state index in [1.807, 2.05) is 6.07 Å². The Bertz CT molecular complexity index is 861. The molecule has 1 saturated heterocycles. The van der Waals surface area contributed by atoms with Crippen molar-refractivity contribution in [3.8, 4) is 23.1 Å². The highest BCUT2D eigenvalue weighted by Crippen LogP contribution is 2.40. The van der Waals surface area contributed by atoms with E-state index in [-0.39, 0.29) is 25.0 Å². The molecule has 30 heavy (non-hydrogen) atoms. The van der Waals surface area contributed by atoms with Gasteiger partial charge in [0.1, 0.15) is 12.7 Å². The molecule has 1 amide bonds. The zero-order valence-electron chi connectivity index (χ0n) is 17.2. The van der Waals surface area contributed by atoms with E-state index in [2.05, 4.69) is 4.98 Å². The van der Waals surface area contributed by atoms with Crippen LogP contribution in [-0.2, 0) is 16.0 Å². The van der Waals surface area contributed by atoms with Crippen molar-refractivity contribution >= 4 is 17.5 Å². The molecular weight excluding hydrogens is 412 g/mol. The SMILES string of the molecule is COc1ccc(CC(=O)N2CCOC(COc3ccc(Cl)cn3)C2)c(OC)c1OC. The van der Waals surface area contributed by atoms with E-state index in [0.29, 0.717) is 47.8 Å². The fraction of sp³-hybridized carbons (Fsp3) is 0.429. The third-order valence-electron chi connectivity index (χ3n) is 4.74. The number of morpholine rings is 1. The number of hydrogen-bond acceptors (Lipinski definition) is 7. The van der Waals surface area contributed by atoms with Crippen LogP contribution in [0.1, 0.15) is 5.56 Å². The largest absolute Gasteiger partial charge is 0.493 e. The fourth-order valence-corrected chi connectivity index (χ4v) is 3.36. The van der Waals surface area contributed by atoms with E-state index in [1.165, 1.54) is 20.4 Å². The summed E-state index contributed by atoms with van der Waals surface area (Å²) in [6, 6.07) is 6.97. The number of pyridine rings is 1. The minimum atomic E-state index is -0.243. The highest BCUT2D eigenvalue weighted by atomic mass is 35.5. The first-order valence-electron chi connectivity index (χ1n) is 9.47. The molecule has 1 aliphatic rings. The average molecular weight is 437 g/mol. The van der Waals surface area contributed by atoms with Gasteiger partial charge < -0.3 is 28.6 Å². The van der Waals surface area contributed by atoms with Gasteiger partial charge in [-0.25, -0.2) is 4.98 Å². The number of methoxy groups -OCH3 is 3. The maximum absolute atomic E-state index is 12.9. The summed E-state index contributed by atoms with van der Waals surface area (Å²) in [6.07, 6.45) is 1.45. The number of carbonyl (C=O) groups excluding carboxylic acids is 1. The van der Waals surface area contributed by atoms with Crippen molar-refractivity contribution in [2.75, 3.05) is 47.6 Å². The van der Waals surface area contributed by atoms with Crippen LogP contribution in [0.15, 0.2) is 30.5 Å². The molecule has 0 radical (unpaired) electrons. The van der Waals surface area contributed by atoms with Gasteiger partial charge in [0.2, 0.25) is 17.5 Å². The molecule has 1 aromatic heterocycles. The number of halogens is 1. The lowest BCUT2D eigenvalue weighted by molar-refractivity contribution is -0.139. The standard InChI is InChI=1S/C21H25ClN2O6/c1-26-17-6-4-14(20(27-2)21(17)28-3)10-19(25)24-8-9-29-16(12-24)13-30-18-7-5-15(22)11-23-18/h4-7,11,16H,8-10,12-13H2,1-3H3. The molecule has 3 rings (SSSR count). The van der Waals surface area contributed by atoms with Gasteiger partial charge in [0.15, 0.2) is 11.5 Å². The zero-order valence-corrected chi connectivity index (χ0v) is 18.0. The highest BCUT2D eigenvalue weighted by Gasteiger charge is 2.26. The molecule has 0 bridgehead atoms. The maximum atomic E-state index is 12.9. The van der Waals surface area contributed by atoms with Crippen LogP contribution in [0.4, 0.5) is 0 Å². The Kier molecular flexibility index (Phi) is 7.59. The van der Waals surface area contributed by atoms with Crippen molar-refractivity contribution in [3.63, 3.8) is 0 Å². The Labute approximate surface area is 180 Å². The number of ether oxygens (including phenoxy) is 5. The molecule has 1 aromatic carbocycles. The summed E-state index contributed by atoms with van der Waals surface area (Å²) in [7, 11) is 4.63. The van der Waals surface area contributed by atoms with E-state index in [0.717, 1.165) is 5.56 Å². The maximum Gasteiger partial charge on any atom is 0.227 e. The second-order valence-corrected chi connectivity index (χ2v) is 7.06. The minimum Gasteiger partial charge on any atom is -0.493 e. The van der Waals surface area contributed by atoms with Gasteiger partial charge in [-0.05, 0) is 12.1 Å². The molecule has 1 fully saturated rings. The molecule has 0 aliphatic carbocycles.